The number of terminal acetylenes is 1. The molecule has 0 aliphatic rings. The highest BCUT2D eigenvalue weighted by atomic mass is 19.4. The molecule has 0 amide bonds. The molecule has 0 aliphatic carbocycles. The molecule has 0 bridgehead atoms. The fourth-order valence-corrected chi connectivity index (χ4v) is 3.42. The van der Waals surface area contributed by atoms with Crippen LogP contribution in [0.5, 0.6) is 0 Å². The summed E-state index contributed by atoms with van der Waals surface area (Å²) in [6.45, 7) is 3.59. The lowest BCUT2D eigenvalue weighted by Crippen LogP contribution is -2.32. The summed E-state index contributed by atoms with van der Waals surface area (Å²) >= 11 is 0. The highest BCUT2D eigenvalue weighted by Gasteiger charge is 2.38. The van der Waals surface area contributed by atoms with Crippen LogP contribution in [0.15, 0.2) is 35.3 Å². The number of alkyl halides is 6. The molecular formula is C22H18F6N4O. The first-order valence-electron chi connectivity index (χ1n) is 9.60. The number of nitrogens with one attached hydrogen (secondary N) is 1. The van der Waals surface area contributed by atoms with E-state index in [9.17, 15) is 31.1 Å². The van der Waals surface area contributed by atoms with Gasteiger partial charge in [-0.15, -0.1) is 6.42 Å². The van der Waals surface area contributed by atoms with Gasteiger partial charge in [0.25, 0.3) is 5.56 Å². The smallest absolute Gasteiger partial charge is 0.352 e. The summed E-state index contributed by atoms with van der Waals surface area (Å²) in [5.41, 5.74) is -1.67. The van der Waals surface area contributed by atoms with Gasteiger partial charge in [-0.25, -0.2) is 9.97 Å². The second-order valence-corrected chi connectivity index (χ2v) is 7.42. The lowest BCUT2D eigenvalue weighted by molar-refractivity contribution is -0.163. The molecule has 0 saturated carbocycles. The van der Waals surface area contributed by atoms with Crippen molar-refractivity contribution < 1.29 is 26.3 Å². The van der Waals surface area contributed by atoms with Gasteiger partial charge in [0.2, 0.25) is 0 Å². The minimum absolute atomic E-state index is 0.0135. The Bertz CT molecular complexity index is 1300. The van der Waals surface area contributed by atoms with Crippen molar-refractivity contribution in [3.8, 4) is 12.3 Å². The monoisotopic (exact) mass is 468 g/mol. The van der Waals surface area contributed by atoms with Gasteiger partial charge in [-0.1, -0.05) is 18.1 Å². The van der Waals surface area contributed by atoms with Crippen LogP contribution in [0.4, 0.5) is 32.2 Å². The summed E-state index contributed by atoms with van der Waals surface area (Å²) in [6, 6.07) is 1.28. The molecule has 0 aliphatic heterocycles. The minimum Gasteiger partial charge on any atom is -0.352 e. The van der Waals surface area contributed by atoms with Crippen molar-refractivity contribution in [3.05, 3.63) is 63.3 Å². The number of halogens is 6. The Kier molecular flexibility index (Phi) is 6.15. The molecule has 2 heterocycles. The molecular weight excluding hydrogens is 450 g/mol. The first kappa shape index (κ1) is 24.1. The normalized spacial score (nSPS) is 14.1. The van der Waals surface area contributed by atoms with Gasteiger partial charge in [-0.3, -0.25) is 4.79 Å². The van der Waals surface area contributed by atoms with Crippen molar-refractivity contribution in [2.24, 2.45) is 0 Å². The summed E-state index contributed by atoms with van der Waals surface area (Å²) in [7, 11) is 0. The molecule has 2 aromatic heterocycles. The molecule has 174 valence electrons. The molecule has 3 aromatic rings. The average molecular weight is 468 g/mol. The molecule has 2 atom stereocenters. The maximum absolute atomic E-state index is 13.3. The summed E-state index contributed by atoms with van der Waals surface area (Å²) in [5.74, 6) is 2.53. The average Bonchev–Trinajstić information content (AvgIpc) is 2.69. The number of pyridine rings is 1. The van der Waals surface area contributed by atoms with Crippen molar-refractivity contribution in [1.29, 1.82) is 0 Å². The van der Waals surface area contributed by atoms with Crippen LogP contribution in [0.1, 0.15) is 41.5 Å². The maximum Gasteiger partial charge on any atom is 0.416 e. The molecule has 0 saturated heterocycles. The van der Waals surface area contributed by atoms with Crippen molar-refractivity contribution in [3.63, 3.8) is 0 Å². The zero-order valence-electron chi connectivity index (χ0n) is 17.6. The molecule has 33 heavy (non-hydrogen) atoms. The molecule has 11 heteroatoms. The van der Waals surface area contributed by atoms with Gasteiger partial charge in [0.15, 0.2) is 0 Å². The zero-order chi connectivity index (χ0) is 24.7. The number of nitrogens with zero attached hydrogens (tertiary/aromatic N) is 3. The van der Waals surface area contributed by atoms with Crippen LogP contribution >= 0.6 is 0 Å². The molecule has 5 nitrogen and oxygen atoms in total. The molecule has 3 rings (SSSR count). The third-order valence-corrected chi connectivity index (χ3v) is 5.20. The number of aryl methyl sites for hydroxylation is 1. The van der Waals surface area contributed by atoms with Gasteiger partial charge in [-0.2, -0.15) is 26.3 Å². The van der Waals surface area contributed by atoms with Crippen LogP contribution in [0.25, 0.3) is 10.9 Å². The fraction of sp³-hybridized carbons (Fsp3) is 0.318. The Morgan fingerprint density at radius 1 is 1.12 bits per heavy atom. The van der Waals surface area contributed by atoms with E-state index in [4.69, 9.17) is 6.42 Å². The summed E-state index contributed by atoms with van der Waals surface area (Å²) in [6.07, 6.45) is -2.74. The number of aromatic nitrogens is 3. The highest BCUT2D eigenvalue weighted by Crippen LogP contribution is 2.36. The Hall–Kier alpha value is -3.55. The van der Waals surface area contributed by atoms with Gasteiger partial charge in [0.1, 0.15) is 23.7 Å². The topological polar surface area (TPSA) is 59.8 Å². The number of fused-ring (bicyclic) bond motifs is 1. The Morgan fingerprint density at radius 2 is 1.79 bits per heavy atom. The maximum atomic E-state index is 13.3. The lowest BCUT2D eigenvalue weighted by Gasteiger charge is -2.22. The number of benzene rings is 1. The summed E-state index contributed by atoms with van der Waals surface area (Å²) in [5, 5.41) is 2.88. The van der Waals surface area contributed by atoms with Gasteiger partial charge >= 0.3 is 12.4 Å². The lowest BCUT2D eigenvalue weighted by atomic mass is 9.96. The molecule has 0 radical (unpaired) electrons. The van der Waals surface area contributed by atoms with Crippen molar-refractivity contribution in [1.82, 2.24) is 14.5 Å². The number of anilines is 1. The van der Waals surface area contributed by atoms with E-state index in [1.54, 1.807) is 0 Å². The quantitative estimate of drug-likeness (QED) is 0.415. The van der Waals surface area contributed by atoms with Crippen LogP contribution in [-0.4, -0.2) is 20.7 Å². The molecule has 1 N–H and O–H groups in total. The van der Waals surface area contributed by atoms with E-state index >= 15 is 0 Å². The van der Waals surface area contributed by atoms with Crippen LogP contribution in [0.2, 0.25) is 0 Å². The number of hydrogen-bond donors (Lipinski definition) is 1. The van der Waals surface area contributed by atoms with E-state index in [2.05, 4.69) is 21.2 Å². The third kappa shape index (κ3) is 4.79. The van der Waals surface area contributed by atoms with E-state index in [1.807, 2.05) is 0 Å². The van der Waals surface area contributed by atoms with Crippen LogP contribution in [0.3, 0.4) is 0 Å². The Morgan fingerprint density at radius 3 is 2.36 bits per heavy atom. The van der Waals surface area contributed by atoms with E-state index in [1.165, 1.54) is 26.0 Å². The highest BCUT2D eigenvalue weighted by molar-refractivity contribution is 5.88. The Balaban J connectivity index is 2.16. The summed E-state index contributed by atoms with van der Waals surface area (Å²) in [4.78, 5) is 20.5. The van der Waals surface area contributed by atoms with Crippen molar-refractivity contribution in [2.75, 3.05) is 5.32 Å². The van der Waals surface area contributed by atoms with Crippen LogP contribution in [-0.2, 0) is 6.18 Å². The SMILES string of the molecule is C#C[C@@H](Nc1nc(C)nc2cc(=O)n(C(C)C(F)(F)F)cc12)c1cccc(C(F)(F)F)c1C. The first-order chi connectivity index (χ1) is 15.2. The van der Waals surface area contributed by atoms with E-state index in [0.717, 1.165) is 25.3 Å². The van der Waals surface area contributed by atoms with Gasteiger partial charge in [0, 0.05) is 12.3 Å². The van der Waals surface area contributed by atoms with Gasteiger partial charge < -0.3 is 9.88 Å². The fourth-order valence-electron chi connectivity index (χ4n) is 3.42. The van der Waals surface area contributed by atoms with Crippen molar-refractivity contribution >= 4 is 16.7 Å². The first-order valence-corrected chi connectivity index (χ1v) is 9.60. The molecule has 1 unspecified atom stereocenters. The third-order valence-electron chi connectivity index (χ3n) is 5.20. The second-order valence-electron chi connectivity index (χ2n) is 7.42. The van der Waals surface area contributed by atoms with E-state index in [-0.39, 0.29) is 33.7 Å². The zero-order valence-corrected chi connectivity index (χ0v) is 17.6. The van der Waals surface area contributed by atoms with Gasteiger partial charge in [-0.05, 0) is 38.0 Å². The van der Waals surface area contributed by atoms with E-state index < -0.39 is 35.6 Å². The standard InChI is InChI=1S/C22H18F6N4O/c1-5-17(14-7-6-8-16(11(14)2)22(26,27)28)31-20-15-10-32(12(3)21(23,24)25)19(33)9-18(15)29-13(4)30-20/h1,6-10,12,17H,2-4H3,(H,29,30,31)/t12?,17-/m1/s1. The second kappa shape index (κ2) is 8.42. The summed E-state index contributed by atoms with van der Waals surface area (Å²) < 4.78 is 80.1. The van der Waals surface area contributed by atoms with Gasteiger partial charge in [0.05, 0.1) is 16.5 Å². The largest absolute Gasteiger partial charge is 0.416 e. The van der Waals surface area contributed by atoms with Crippen LogP contribution < -0.4 is 10.9 Å². The van der Waals surface area contributed by atoms with Crippen LogP contribution in [0, 0.1) is 26.2 Å². The molecule has 0 spiro atoms. The minimum atomic E-state index is -4.69. The number of rotatable bonds is 4. The molecule has 0 fully saturated rings. The van der Waals surface area contributed by atoms with Crippen molar-refractivity contribution in [2.45, 2.75) is 45.2 Å². The molecule has 1 aromatic carbocycles. The predicted octanol–water partition coefficient (Wildman–Crippen LogP) is 5.34. The predicted molar refractivity (Wildman–Crippen MR) is 111 cm³/mol. The number of hydrogen-bond acceptors (Lipinski definition) is 4. The van der Waals surface area contributed by atoms with E-state index in [0.29, 0.717) is 4.57 Å². The Labute approximate surface area is 184 Å².